The molecule has 1 N–H and O–H groups in total. The van der Waals surface area contributed by atoms with Crippen LogP contribution in [0.2, 0.25) is 0 Å². The van der Waals surface area contributed by atoms with Crippen LogP contribution in [0.25, 0.3) is 0 Å². The molecule has 16 heavy (non-hydrogen) atoms. The molecule has 1 aliphatic carbocycles. The minimum Gasteiger partial charge on any atom is -0.307 e. The molecule has 2 heterocycles. The SMILES string of the molecule is c1cc(C2CCC2)nc(C2CCCCN2)n1. The second kappa shape index (κ2) is 4.50. The van der Waals surface area contributed by atoms with Crippen molar-refractivity contribution in [2.24, 2.45) is 0 Å². The summed E-state index contributed by atoms with van der Waals surface area (Å²) >= 11 is 0. The Hall–Kier alpha value is -0.960. The maximum Gasteiger partial charge on any atom is 0.145 e. The van der Waals surface area contributed by atoms with Crippen molar-refractivity contribution in [2.45, 2.75) is 50.5 Å². The minimum atomic E-state index is 0.397. The van der Waals surface area contributed by atoms with Gasteiger partial charge in [-0.2, -0.15) is 0 Å². The molecule has 86 valence electrons. The quantitative estimate of drug-likeness (QED) is 0.827. The second-order valence-corrected chi connectivity index (χ2v) is 4.97. The molecule has 0 radical (unpaired) electrons. The summed E-state index contributed by atoms with van der Waals surface area (Å²) in [6, 6.07) is 2.49. The van der Waals surface area contributed by atoms with Crippen molar-refractivity contribution >= 4 is 0 Å². The van der Waals surface area contributed by atoms with Gasteiger partial charge in [-0.1, -0.05) is 12.8 Å². The molecule has 0 amide bonds. The highest BCUT2D eigenvalue weighted by atomic mass is 15.0. The highest BCUT2D eigenvalue weighted by Gasteiger charge is 2.23. The fraction of sp³-hybridized carbons (Fsp3) is 0.692. The van der Waals surface area contributed by atoms with Gasteiger partial charge in [0.1, 0.15) is 5.82 Å². The molecule has 1 atom stereocenters. The van der Waals surface area contributed by atoms with Crippen LogP contribution in [0.4, 0.5) is 0 Å². The van der Waals surface area contributed by atoms with Gasteiger partial charge in [-0.25, -0.2) is 9.97 Å². The fourth-order valence-electron chi connectivity index (χ4n) is 2.56. The van der Waals surface area contributed by atoms with Crippen molar-refractivity contribution in [3.63, 3.8) is 0 Å². The van der Waals surface area contributed by atoms with E-state index in [9.17, 15) is 0 Å². The maximum atomic E-state index is 4.74. The summed E-state index contributed by atoms with van der Waals surface area (Å²) in [4.78, 5) is 9.18. The number of nitrogens with zero attached hydrogens (tertiary/aromatic N) is 2. The van der Waals surface area contributed by atoms with Crippen molar-refractivity contribution in [2.75, 3.05) is 6.54 Å². The van der Waals surface area contributed by atoms with Gasteiger partial charge in [-0.05, 0) is 38.3 Å². The summed E-state index contributed by atoms with van der Waals surface area (Å²) in [6.45, 7) is 1.11. The summed E-state index contributed by atoms with van der Waals surface area (Å²) < 4.78 is 0. The molecular weight excluding hydrogens is 198 g/mol. The van der Waals surface area contributed by atoms with Crippen LogP contribution >= 0.6 is 0 Å². The Morgan fingerprint density at radius 2 is 2.06 bits per heavy atom. The molecule has 0 spiro atoms. The van der Waals surface area contributed by atoms with E-state index in [-0.39, 0.29) is 0 Å². The Kier molecular flexibility index (Phi) is 2.87. The summed E-state index contributed by atoms with van der Waals surface area (Å²) in [5, 5.41) is 3.51. The first-order valence-electron chi connectivity index (χ1n) is 6.50. The molecule has 2 aliphatic rings. The number of aromatic nitrogens is 2. The third-order valence-corrected chi connectivity index (χ3v) is 3.84. The number of rotatable bonds is 2. The fourth-order valence-corrected chi connectivity index (χ4v) is 2.56. The van der Waals surface area contributed by atoms with Crippen LogP contribution in [-0.2, 0) is 0 Å². The molecule has 0 aromatic carbocycles. The predicted molar refractivity (Wildman–Crippen MR) is 63.2 cm³/mol. The van der Waals surface area contributed by atoms with Gasteiger partial charge in [0.15, 0.2) is 0 Å². The molecule has 1 aromatic rings. The zero-order valence-corrected chi connectivity index (χ0v) is 9.65. The van der Waals surface area contributed by atoms with E-state index in [1.54, 1.807) is 0 Å². The predicted octanol–water partition coefficient (Wildman–Crippen LogP) is 2.56. The van der Waals surface area contributed by atoms with Crippen molar-refractivity contribution < 1.29 is 0 Å². The van der Waals surface area contributed by atoms with Gasteiger partial charge < -0.3 is 5.32 Å². The molecular formula is C13H19N3. The van der Waals surface area contributed by atoms with Gasteiger partial charge in [-0.15, -0.1) is 0 Å². The van der Waals surface area contributed by atoms with Crippen LogP contribution in [0.3, 0.4) is 0 Å². The summed E-state index contributed by atoms with van der Waals surface area (Å²) in [5.41, 5.74) is 1.27. The van der Waals surface area contributed by atoms with Crippen LogP contribution in [0.1, 0.15) is 62.0 Å². The Balaban J connectivity index is 1.77. The van der Waals surface area contributed by atoms with Gasteiger partial charge in [0, 0.05) is 17.8 Å². The molecule has 1 saturated heterocycles. The number of piperidine rings is 1. The largest absolute Gasteiger partial charge is 0.307 e. The van der Waals surface area contributed by atoms with E-state index in [2.05, 4.69) is 16.4 Å². The monoisotopic (exact) mass is 217 g/mol. The van der Waals surface area contributed by atoms with Gasteiger partial charge in [0.25, 0.3) is 0 Å². The lowest BCUT2D eigenvalue weighted by Crippen LogP contribution is -2.28. The van der Waals surface area contributed by atoms with Crippen LogP contribution in [0.5, 0.6) is 0 Å². The normalized spacial score (nSPS) is 26.4. The Morgan fingerprint density at radius 3 is 2.75 bits per heavy atom. The zero-order valence-electron chi connectivity index (χ0n) is 9.65. The first-order valence-corrected chi connectivity index (χ1v) is 6.50. The molecule has 1 aliphatic heterocycles. The molecule has 3 heteroatoms. The molecule has 1 aromatic heterocycles. The van der Waals surface area contributed by atoms with E-state index in [1.165, 1.54) is 44.2 Å². The third-order valence-electron chi connectivity index (χ3n) is 3.84. The standard InChI is InChI=1S/C13H19N3/c1-2-8-14-12(6-1)13-15-9-7-11(16-13)10-4-3-5-10/h7,9-10,12,14H,1-6,8H2. The number of hydrogen-bond donors (Lipinski definition) is 1. The summed E-state index contributed by atoms with van der Waals surface area (Å²) in [7, 11) is 0. The van der Waals surface area contributed by atoms with Gasteiger partial charge in [0.2, 0.25) is 0 Å². The first-order chi connectivity index (χ1) is 7.93. The molecule has 1 unspecified atom stereocenters. The van der Waals surface area contributed by atoms with Gasteiger partial charge in [-0.3, -0.25) is 0 Å². The highest BCUT2D eigenvalue weighted by molar-refractivity contribution is 5.12. The number of nitrogens with one attached hydrogen (secondary N) is 1. The third kappa shape index (κ3) is 1.96. The van der Waals surface area contributed by atoms with Gasteiger partial charge >= 0.3 is 0 Å². The molecule has 2 fully saturated rings. The average Bonchev–Trinajstić information content (AvgIpc) is 2.28. The maximum absolute atomic E-state index is 4.74. The van der Waals surface area contributed by atoms with Crippen LogP contribution in [0.15, 0.2) is 12.3 Å². The lowest BCUT2D eigenvalue weighted by Gasteiger charge is -2.26. The minimum absolute atomic E-state index is 0.397. The van der Waals surface area contributed by atoms with Crippen molar-refractivity contribution in [1.29, 1.82) is 0 Å². The second-order valence-electron chi connectivity index (χ2n) is 4.97. The highest BCUT2D eigenvalue weighted by Crippen LogP contribution is 2.35. The van der Waals surface area contributed by atoms with Gasteiger partial charge in [0.05, 0.1) is 6.04 Å². The van der Waals surface area contributed by atoms with Crippen LogP contribution < -0.4 is 5.32 Å². The summed E-state index contributed by atoms with van der Waals surface area (Å²) in [6.07, 6.45) is 9.71. The number of hydrogen-bond acceptors (Lipinski definition) is 3. The Labute approximate surface area is 96.7 Å². The topological polar surface area (TPSA) is 37.8 Å². The Bertz CT molecular complexity index is 354. The van der Waals surface area contributed by atoms with Crippen molar-refractivity contribution in [3.8, 4) is 0 Å². The van der Waals surface area contributed by atoms with Crippen molar-refractivity contribution in [3.05, 3.63) is 23.8 Å². The zero-order chi connectivity index (χ0) is 10.8. The Morgan fingerprint density at radius 1 is 1.12 bits per heavy atom. The van der Waals surface area contributed by atoms with E-state index in [4.69, 9.17) is 4.98 Å². The lowest BCUT2D eigenvalue weighted by molar-refractivity contribution is 0.384. The molecule has 0 bridgehead atoms. The van der Waals surface area contributed by atoms with E-state index in [0.717, 1.165) is 12.4 Å². The molecule has 3 nitrogen and oxygen atoms in total. The van der Waals surface area contributed by atoms with Crippen LogP contribution in [0, 0.1) is 0 Å². The smallest absolute Gasteiger partial charge is 0.145 e. The van der Waals surface area contributed by atoms with E-state index in [1.807, 2.05) is 6.20 Å². The molecule has 1 saturated carbocycles. The van der Waals surface area contributed by atoms with Crippen LogP contribution in [-0.4, -0.2) is 16.5 Å². The lowest BCUT2D eigenvalue weighted by atomic mass is 9.83. The van der Waals surface area contributed by atoms with E-state index >= 15 is 0 Å². The van der Waals surface area contributed by atoms with E-state index in [0.29, 0.717) is 12.0 Å². The first kappa shape index (κ1) is 10.2. The van der Waals surface area contributed by atoms with E-state index < -0.39 is 0 Å². The van der Waals surface area contributed by atoms with Crippen molar-refractivity contribution in [1.82, 2.24) is 15.3 Å². The summed E-state index contributed by atoms with van der Waals surface area (Å²) in [5.74, 6) is 1.73. The average molecular weight is 217 g/mol. The molecule has 3 rings (SSSR count).